The lowest BCUT2D eigenvalue weighted by molar-refractivity contribution is -0.252. The molecule has 0 spiro atoms. The first-order valence-electron chi connectivity index (χ1n) is 13.5. The van der Waals surface area contributed by atoms with E-state index >= 15 is 0 Å². The van der Waals surface area contributed by atoms with Crippen molar-refractivity contribution in [1.29, 1.82) is 0 Å². The van der Waals surface area contributed by atoms with Gasteiger partial charge in [0, 0.05) is 43.6 Å². The van der Waals surface area contributed by atoms with Crippen molar-refractivity contribution in [3.63, 3.8) is 0 Å². The van der Waals surface area contributed by atoms with Crippen molar-refractivity contribution in [2.45, 2.75) is 57.3 Å². The lowest BCUT2D eigenvalue weighted by atomic mass is 9.99. The number of hydrogen-bond donors (Lipinski definition) is 4. The molecule has 1 fully saturated rings. The number of ether oxygens (including phenoxy) is 2. The first-order chi connectivity index (χ1) is 19.4. The number of nitrogens with one attached hydrogen (secondary N) is 2. The molecule has 0 aliphatic carbocycles. The number of aliphatic hydroxyl groups excluding tert-OH is 1. The van der Waals surface area contributed by atoms with E-state index in [0.29, 0.717) is 18.5 Å². The Balaban J connectivity index is 1.42. The Kier molecular flexibility index (Phi) is 10.8. The standard InChI is InChI=1S/C31H37N3O6/c1-34(19-22-6-3-2-4-7-22)20-27-18-28(24-12-10-23(21-35)11-13-24)40-31(39-27)25-14-16-26(17-15-25)32-29(36)8-5-9-30(37)33-38/h2-4,6-7,10-17,27-28,31,35,38H,5,8-9,18-21H2,1H3,(H,32,36)(H,33,37)/t27-,28+,31+/m0/s1. The zero-order valence-electron chi connectivity index (χ0n) is 22.7. The summed E-state index contributed by atoms with van der Waals surface area (Å²) in [5.41, 5.74) is 6.14. The van der Waals surface area contributed by atoms with Gasteiger partial charge in [0.2, 0.25) is 11.8 Å². The van der Waals surface area contributed by atoms with Gasteiger partial charge >= 0.3 is 0 Å². The monoisotopic (exact) mass is 547 g/mol. The molecule has 9 heteroatoms. The molecule has 4 rings (SSSR count). The Morgan fingerprint density at radius 2 is 1.55 bits per heavy atom. The summed E-state index contributed by atoms with van der Waals surface area (Å²) < 4.78 is 12.9. The molecular weight excluding hydrogens is 510 g/mol. The minimum atomic E-state index is -0.590. The summed E-state index contributed by atoms with van der Waals surface area (Å²) in [7, 11) is 2.08. The summed E-state index contributed by atoms with van der Waals surface area (Å²) in [6, 6.07) is 25.5. The molecule has 4 N–H and O–H groups in total. The maximum atomic E-state index is 12.2. The van der Waals surface area contributed by atoms with Crippen LogP contribution < -0.4 is 10.8 Å². The van der Waals surface area contributed by atoms with Gasteiger partial charge in [-0.3, -0.25) is 19.7 Å². The van der Waals surface area contributed by atoms with E-state index in [2.05, 4.69) is 29.4 Å². The van der Waals surface area contributed by atoms with Crippen molar-refractivity contribution in [3.05, 3.63) is 101 Å². The summed E-state index contributed by atoms with van der Waals surface area (Å²) in [4.78, 5) is 25.6. The Bertz CT molecular complexity index is 1220. The number of likely N-dealkylation sites (N-methyl/N-ethyl adjacent to an activating group) is 1. The highest BCUT2D eigenvalue weighted by atomic mass is 16.7. The fraction of sp³-hybridized carbons (Fsp3) is 0.355. The number of carbonyl (C=O) groups excluding carboxylic acids is 2. The number of benzene rings is 3. The average Bonchev–Trinajstić information content (AvgIpc) is 2.97. The average molecular weight is 548 g/mol. The van der Waals surface area contributed by atoms with Gasteiger partial charge in [-0.2, -0.15) is 0 Å². The summed E-state index contributed by atoms with van der Waals surface area (Å²) >= 11 is 0. The van der Waals surface area contributed by atoms with Gasteiger partial charge in [-0.15, -0.1) is 0 Å². The number of hydroxylamine groups is 1. The quantitative estimate of drug-likeness (QED) is 0.195. The van der Waals surface area contributed by atoms with Crippen LogP contribution in [0.5, 0.6) is 0 Å². The lowest BCUT2D eigenvalue weighted by Gasteiger charge is -2.38. The molecule has 1 heterocycles. The second-order valence-electron chi connectivity index (χ2n) is 10.1. The van der Waals surface area contributed by atoms with Gasteiger partial charge in [0.25, 0.3) is 0 Å². The highest BCUT2D eigenvalue weighted by Gasteiger charge is 2.32. The smallest absolute Gasteiger partial charge is 0.243 e. The molecule has 0 bridgehead atoms. The van der Waals surface area contributed by atoms with Gasteiger partial charge in [-0.05, 0) is 42.3 Å². The van der Waals surface area contributed by atoms with E-state index < -0.39 is 12.2 Å². The molecule has 3 aromatic carbocycles. The van der Waals surface area contributed by atoms with E-state index in [9.17, 15) is 14.7 Å². The lowest BCUT2D eigenvalue weighted by Crippen LogP contribution is -2.37. The molecule has 2 amide bonds. The topological polar surface area (TPSA) is 120 Å². The predicted molar refractivity (Wildman–Crippen MR) is 150 cm³/mol. The maximum Gasteiger partial charge on any atom is 0.243 e. The number of rotatable bonds is 12. The van der Waals surface area contributed by atoms with Crippen molar-refractivity contribution in [2.24, 2.45) is 0 Å². The third-order valence-corrected chi connectivity index (χ3v) is 6.82. The summed E-state index contributed by atoms with van der Waals surface area (Å²) in [5.74, 6) is -0.728. The molecule has 3 aromatic rings. The van der Waals surface area contributed by atoms with Crippen molar-refractivity contribution in [1.82, 2.24) is 10.4 Å². The van der Waals surface area contributed by atoms with Crippen LogP contribution in [0.3, 0.4) is 0 Å². The maximum absolute atomic E-state index is 12.2. The molecule has 40 heavy (non-hydrogen) atoms. The van der Waals surface area contributed by atoms with Crippen LogP contribution in [0.1, 0.15) is 60.3 Å². The fourth-order valence-electron chi connectivity index (χ4n) is 4.75. The molecule has 0 aromatic heterocycles. The predicted octanol–water partition coefficient (Wildman–Crippen LogP) is 4.47. The molecule has 1 saturated heterocycles. The number of aliphatic hydroxyl groups is 1. The Labute approximate surface area is 234 Å². The molecule has 0 unspecified atom stereocenters. The van der Waals surface area contributed by atoms with E-state index in [0.717, 1.165) is 29.8 Å². The molecular formula is C31H37N3O6. The first-order valence-corrected chi connectivity index (χ1v) is 13.5. The zero-order valence-corrected chi connectivity index (χ0v) is 22.7. The molecule has 1 aliphatic rings. The molecule has 212 valence electrons. The van der Waals surface area contributed by atoms with Crippen LogP contribution in [0.2, 0.25) is 0 Å². The molecule has 3 atom stereocenters. The van der Waals surface area contributed by atoms with Crippen molar-refractivity contribution in [3.8, 4) is 0 Å². The van der Waals surface area contributed by atoms with Crippen LogP contribution in [0.25, 0.3) is 0 Å². The van der Waals surface area contributed by atoms with Crippen LogP contribution in [-0.2, 0) is 32.2 Å². The van der Waals surface area contributed by atoms with E-state index in [1.165, 1.54) is 5.56 Å². The minimum Gasteiger partial charge on any atom is -0.392 e. The van der Waals surface area contributed by atoms with E-state index in [1.54, 1.807) is 17.6 Å². The number of amides is 2. The van der Waals surface area contributed by atoms with Crippen molar-refractivity contribution >= 4 is 17.5 Å². The van der Waals surface area contributed by atoms with Gasteiger partial charge < -0.3 is 19.9 Å². The third kappa shape index (κ3) is 8.70. The zero-order chi connectivity index (χ0) is 28.3. The van der Waals surface area contributed by atoms with E-state index in [-0.39, 0.29) is 37.6 Å². The Morgan fingerprint density at radius 3 is 2.23 bits per heavy atom. The third-order valence-electron chi connectivity index (χ3n) is 6.82. The largest absolute Gasteiger partial charge is 0.392 e. The molecule has 1 aliphatic heterocycles. The van der Waals surface area contributed by atoms with Crippen LogP contribution in [0, 0.1) is 0 Å². The SMILES string of the molecule is CN(Cc1ccccc1)C[C@@H]1C[C@H](c2ccc(CO)cc2)O[C@H](c2ccc(NC(=O)CCCC(=O)NO)cc2)O1. The molecule has 0 saturated carbocycles. The van der Waals surface area contributed by atoms with E-state index in [4.69, 9.17) is 14.7 Å². The van der Waals surface area contributed by atoms with Crippen molar-refractivity contribution in [2.75, 3.05) is 18.9 Å². The highest BCUT2D eigenvalue weighted by molar-refractivity contribution is 5.91. The first kappa shape index (κ1) is 29.4. The second-order valence-corrected chi connectivity index (χ2v) is 10.1. The van der Waals surface area contributed by atoms with Gasteiger partial charge in [0.15, 0.2) is 6.29 Å². The van der Waals surface area contributed by atoms with Gasteiger partial charge in [-0.25, -0.2) is 5.48 Å². The fourth-order valence-corrected chi connectivity index (χ4v) is 4.75. The summed E-state index contributed by atoms with van der Waals surface area (Å²) in [6.07, 6.45) is 0.414. The molecule has 0 radical (unpaired) electrons. The number of anilines is 1. The number of nitrogens with zero attached hydrogens (tertiary/aromatic N) is 1. The normalized spacial score (nSPS) is 18.9. The number of carbonyl (C=O) groups is 2. The van der Waals surface area contributed by atoms with Crippen LogP contribution >= 0.6 is 0 Å². The van der Waals surface area contributed by atoms with Crippen molar-refractivity contribution < 1.29 is 29.4 Å². The van der Waals surface area contributed by atoms with E-state index in [1.807, 2.05) is 54.6 Å². The summed E-state index contributed by atoms with van der Waals surface area (Å²) in [6.45, 7) is 1.52. The van der Waals surface area contributed by atoms with Gasteiger partial charge in [-0.1, -0.05) is 66.7 Å². The van der Waals surface area contributed by atoms with Crippen LogP contribution in [0.4, 0.5) is 5.69 Å². The highest BCUT2D eigenvalue weighted by Crippen LogP contribution is 2.38. The Hall–Kier alpha value is -3.60. The van der Waals surface area contributed by atoms with Crippen LogP contribution in [-0.4, -0.2) is 46.7 Å². The number of hydrogen-bond acceptors (Lipinski definition) is 7. The second kappa shape index (κ2) is 14.7. The minimum absolute atomic E-state index is 0.00861. The van der Waals surface area contributed by atoms with Gasteiger partial charge in [0.1, 0.15) is 0 Å². The van der Waals surface area contributed by atoms with Gasteiger partial charge in [0.05, 0.1) is 18.8 Å². The van der Waals surface area contributed by atoms with Crippen LogP contribution in [0.15, 0.2) is 78.9 Å². The molecule has 9 nitrogen and oxygen atoms in total. The Morgan fingerprint density at radius 1 is 0.875 bits per heavy atom. The summed E-state index contributed by atoms with van der Waals surface area (Å²) in [5, 5.41) is 20.8.